The van der Waals surface area contributed by atoms with Gasteiger partial charge in [0.2, 0.25) is 11.9 Å². The van der Waals surface area contributed by atoms with Crippen molar-refractivity contribution in [2.75, 3.05) is 62.2 Å². The highest BCUT2D eigenvalue weighted by Crippen LogP contribution is 2.53. The number of aromatic nitrogens is 2. The molecule has 10 heteroatoms. The van der Waals surface area contributed by atoms with E-state index in [-0.39, 0.29) is 11.4 Å². The van der Waals surface area contributed by atoms with E-state index < -0.39 is 0 Å². The molecular formula is C26H34N8O2. The number of nitrogens with one attached hydrogen (secondary N) is 3. The van der Waals surface area contributed by atoms with Crippen LogP contribution in [0.2, 0.25) is 0 Å². The fraction of sp³-hybridized carbons (Fsp3) is 0.462. The minimum Gasteiger partial charge on any atom is -0.494 e. The van der Waals surface area contributed by atoms with E-state index in [2.05, 4.69) is 48.4 Å². The third kappa shape index (κ3) is 5.36. The number of hydrogen-bond acceptors (Lipinski definition) is 9. The first kappa shape index (κ1) is 25.3. The number of nitriles is 1. The normalized spacial score (nSPS) is 19.7. The standard InChI is InChI=1S/C26H34N8O2/c1-6-23(35)29-19-11-20(22(36-5)12-21(19)34(4)10-9-33(2)3)30-25-28-16-18(15-27)24(31-25)32-26-8-7-17(13-26)14-26/h6,11-12,16-17H,1,7-10,13-14H2,2-5H3,(H,29,35)(H2,28,30,31,32). The Bertz CT molecular complexity index is 1180. The number of hydrogen-bond donors (Lipinski definition) is 3. The Morgan fingerprint density at radius 1 is 1.31 bits per heavy atom. The first-order valence-corrected chi connectivity index (χ1v) is 12.1. The highest BCUT2D eigenvalue weighted by Gasteiger charge is 2.50. The lowest BCUT2D eigenvalue weighted by atomic mass is 9.77. The molecule has 1 aromatic heterocycles. The second-order valence-electron chi connectivity index (χ2n) is 9.90. The molecule has 0 unspecified atom stereocenters. The van der Waals surface area contributed by atoms with E-state index in [0.29, 0.717) is 34.5 Å². The lowest BCUT2D eigenvalue weighted by molar-refractivity contribution is -0.111. The molecule has 0 aliphatic heterocycles. The maximum absolute atomic E-state index is 12.2. The SMILES string of the molecule is C=CC(=O)Nc1cc(Nc2ncc(C#N)c(NC34CCC(C3)C4)n2)c(OC)cc1N(C)CCN(C)C. The number of benzene rings is 1. The molecule has 0 radical (unpaired) electrons. The Hall–Kier alpha value is -3.84. The van der Waals surface area contributed by atoms with Crippen molar-refractivity contribution in [3.63, 3.8) is 0 Å². The van der Waals surface area contributed by atoms with Crippen LogP contribution in [0, 0.1) is 17.2 Å². The third-order valence-electron chi connectivity index (χ3n) is 6.98. The van der Waals surface area contributed by atoms with Crippen LogP contribution in [-0.4, -0.2) is 67.7 Å². The summed E-state index contributed by atoms with van der Waals surface area (Å²) >= 11 is 0. The van der Waals surface area contributed by atoms with Crippen LogP contribution >= 0.6 is 0 Å². The van der Waals surface area contributed by atoms with Gasteiger partial charge < -0.3 is 30.5 Å². The molecule has 1 heterocycles. The molecule has 10 nitrogen and oxygen atoms in total. The maximum Gasteiger partial charge on any atom is 0.247 e. The molecule has 3 fully saturated rings. The summed E-state index contributed by atoms with van der Waals surface area (Å²) in [5, 5.41) is 19.2. The first-order chi connectivity index (χ1) is 17.3. The molecule has 3 N–H and O–H groups in total. The van der Waals surface area contributed by atoms with Crippen molar-refractivity contribution in [1.82, 2.24) is 14.9 Å². The average molecular weight is 491 g/mol. The van der Waals surface area contributed by atoms with Gasteiger partial charge in [-0.2, -0.15) is 10.2 Å². The van der Waals surface area contributed by atoms with Gasteiger partial charge in [-0.05, 0) is 57.8 Å². The Morgan fingerprint density at radius 2 is 2.08 bits per heavy atom. The van der Waals surface area contributed by atoms with Crippen LogP contribution in [0.5, 0.6) is 5.75 Å². The number of anilines is 5. The van der Waals surface area contributed by atoms with Crippen molar-refractivity contribution in [1.29, 1.82) is 5.26 Å². The van der Waals surface area contributed by atoms with Crippen LogP contribution in [0.1, 0.15) is 31.2 Å². The predicted octanol–water partition coefficient (Wildman–Crippen LogP) is 3.58. The minimum absolute atomic E-state index is 0.0422. The molecule has 36 heavy (non-hydrogen) atoms. The summed E-state index contributed by atoms with van der Waals surface area (Å²) < 4.78 is 5.67. The summed E-state index contributed by atoms with van der Waals surface area (Å²) in [5.74, 6) is 1.90. The van der Waals surface area contributed by atoms with E-state index in [9.17, 15) is 10.1 Å². The van der Waals surface area contributed by atoms with Gasteiger partial charge in [0.05, 0.1) is 30.4 Å². The van der Waals surface area contributed by atoms with Gasteiger partial charge in [-0.1, -0.05) is 6.58 Å². The van der Waals surface area contributed by atoms with Crippen LogP contribution in [0.25, 0.3) is 0 Å². The number of methoxy groups -OCH3 is 1. The van der Waals surface area contributed by atoms with Crippen molar-refractivity contribution in [3.05, 3.63) is 36.5 Å². The average Bonchev–Trinajstić information content (AvgIpc) is 3.43. The van der Waals surface area contributed by atoms with E-state index in [1.807, 2.05) is 27.2 Å². The van der Waals surface area contributed by atoms with Gasteiger partial charge in [0.25, 0.3) is 0 Å². The smallest absolute Gasteiger partial charge is 0.247 e. The second kappa shape index (κ2) is 10.4. The molecule has 2 bridgehead atoms. The number of likely N-dealkylation sites (N-methyl/N-ethyl adjacent to an activating group) is 2. The number of rotatable bonds is 11. The zero-order valence-electron chi connectivity index (χ0n) is 21.4. The second-order valence-corrected chi connectivity index (χ2v) is 9.90. The van der Waals surface area contributed by atoms with Crippen LogP contribution in [0.15, 0.2) is 31.0 Å². The van der Waals surface area contributed by atoms with E-state index in [1.165, 1.54) is 18.7 Å². The van der Waals surface area contributed by atoms with Crippen molar-refractivity contribution in [3.8, 4) is 11.8 Å². The molecule has 2 aromatic rings. The zero-order chi connectivity index (χ0) is 25.9. The lowest BCUT2D eigenvalue weighted by Gasteiger charge is -2.39. The van der Waals surface area contributed by atoms with E-state index in [4.69, 9.17) is 4.74 Å². The molecular weight excluding hydrogens is 456 g/mol. The van der Waals surface area contributed by atoms with E-state index in [0.717, 1.165) is 44.0 Å². The van der Waals surface area contributed by atoms with Gasteiger partial charge >= 0.3 is 0 Å². The molecule has 5 rings (SSSR count). The van der Waals surface area contributed by atoms with E-state index >= 15 is 0 Å². The summed E-state index contributed by atoms with van der Waals surface area (Å²) in [4.78, 5) is 25.3. The molecule has 3 aliphatic rings. The number of carbonyl (C=O) groups excluding carboxylic acids is 1. The number of nitrogens with zero attached hydrogens (tertiary/aromatic N) is 5. The van der Waals surface area contributed by atoms with Gasteiger partial charge in [0, 0.05) is 31.7 Å². The van der Waals surface area contributed by atoms with Crippen molar-refractivity contribution in [2.45, 2.75) is 31.2 Å². The number of ether oxygens (including phenoxy) is 1. The molecule has 1 amide bonds. The quantitative estimate of drug-likeness (QED) is 0.406. The Labute approximate surface area is 212 Å². The molecule has 0 spiro atoms. The Balaban J connectivity index is 1.64. The third-order valence-corrected chi connectivity index (χ3v) is 6.98. The van der Waals surface area contributed by atoms with Gasteiger partial charge in [0.1, 0.15) is 23.2 Å². The van der Waals surface area contributed by atoms with Crippen molar-refractivity contribution < 1.29 is 9.53 Å². The van der Waals surface area contributed by atoms with Gasteiger partial charge in [-0.3, -0.25) is 4.79 Å². The van der Waals surface area contributed by atoms with E-state index in [1.54, 1.807) is 13.2 Å². The zero-order valence-corrected chi connectivity index (χ0v) is 21.4. The topological polar surface area (TPSA) is 118 Å². The summed E-state index contributed by atoms with van der Waals surface area (Å²) in [6.45, 7) is 5.15. The van der Waals surface area contributed by atoms with Crippen LogP contribution in [-0.2, 0) is 4.79 Å². The summed E-state index contributed by atoms with van der Waals surface area (Å²) in [5.41, 5.74) is 2.44. The fourth-order valence-corrected chi connectivity index (χ4v) is 5.00. The molecule has 1 aromatic carbocycles. The van der Waals surface area contributed by atoms with Crippen LogP contribution in [0.3, 0.4) is 0 Å². The Morgan fingerprint density at radius 3 is 2.69 bits per heavy atom. The molecule has 0 atom stereocenters. The highest BCUT2D eigenvalue weighted by molar-refractivity contribution is 6.02. The number of amides is 1. The largest absolute Gasteiger partial charge is 0.494 e. The summed E-state index contributed by atoms with van der Waals surface area (Å²) in [6, 6.07) is 5.85. The fourth-order valence-electron chi connectivity index (χ4n) is 5.00. The minimum atomic E-state index is -0.316. The highest BCUT2D eigenvalue weighted by atomic mass is 16.5. The number of carbonyl (C=O) groups is 1. The van der Waals surface area contributed by atoms with Crippen LogP contribution in [0.4, 0.5) is 28.8 Å². The first-order valence-electron chi connectivity index (χ1n) is 12.1. The maximum atomic E-state index is 12.2. The molecule has 3 aliphatic carbocycles. The molecule has 3 saturated carbocycles. The van der Waals surface area contributed by atoms with Gasteiger partial charge in [-0.25, -0.2) is 4.98 Å². The summed E-state index contributed by atoms with van der Waals surface area (Å²) in [7, 11) is 7.57. The predicted molar refractivity (Wildman–Crippen MR) is 142 cm³/mol. The van der Waals surface area contributed by atoms with Gasteiger partial charge in [0.15, 0.2) is 0 Å². The molecule has 190 valence electrons. The monoisotopic (exact) mass is 490 g/mol. The summed E-state index contributed by atoms with van der Waals surface area (Å²) in [6.07, 6.45) is 7.31. The lowest BCUT2D eigenvalue weighted by Crippen LogP contribution is -2.43. The number of fused-ring (bicyclic) bond motifs is 1. The van der Waals surface area contributed by atoms with Crippen molar-refractivity contribution in [2.24, 2.45) is 5.92 Å². The molecule has 0 saturated heterocycles. The van der Waals surface area contributed by atoms with Crippen LogP contribution < -0.4 is 25.6 Å². The Kier molecular flexibility index (Phi) is 7.31. The van der Waals surface area contributed by atoms with Gasteiger partial charge in [-0.15, -0.1) is 0 Å². The van der Waals surface area contributed by atoms with Crippen molar-refractivity contribution >= 4 is 34.7 Å².